The smallest absolute Gasteiger partial charge is 0.338 e. The van der Waals surface area contributed by atoms with E-state index in [1.165, 1.54) is 0 Å². The molecule has 7 heteroatoms. The van der Waals surface area contributed by atoms with Crippen LogP contribution in [0.3, 0.4) is 0 Å². The molecule has 1 heterocycles. The van der Waals surface area contributed by atoms with Gasteiger partial charge in [0, 0.05) is 11.8 Å². The van der Waals surface area contributed by atoms with E-state index in [-0.39, 0.29) is 16.4 Å². The molecule has 3 atom stereocenters. The van der Waals surface area contributed by atoms with Crippen LogP contribution in [0.2, 0.25) is 0 Å². The number of hydrogen-bond donors (Lipinski definition) is 0. The highest BCUT2D eigenvalue weighted by molar-refractivity contribution is 7.86. The molecule has 1 spiro atoms. The van der Waals surface area contributed by atoms with Gasteiger partial charge < -0.3 is 13.7 Å². The summed E-state index contributed by atoms with van der Waals surface area (Å²) < 4.78 is 45.2. The van der Waals surface area contributed by atoms with Crippen LogP contribution in [0.15, 0.2) is 47.1 Å². The number of aryl methyl sites for hydroxylation is 4. The van der Waals surface area contributed by atoms with Gasteiger partial charge >= 0.3 is 10.1 Å². The average Bonchev–Trinajstić information content (AvgIpc) is 3.43. The van der Waals surface area contributed by atoms with E-state index in [1.807, 2.05) is 27.7 Å². The van der Waals surface area contributed by atoms with Crippen molar-refractivity contribution < 1.29 is 26.9 Å². The normalized spacial score (nSPS) is 26.8. The van der Waals surface area contributed by atoms with Crippen LogP contribution >= 0.6 is 0 Å². The first kappa shape index (κ1) is 26.1. The molecular weight excluding hydrogens is 488 g/mol. The summed E-state index contributed by atoms with van der Waals surface area (Å²) >= 11 is 0. The number of carbonyl (C=O) groups excluding carboxylic acids is 1. The molecule has 2 aliphatic carbocycles. The van der Waals surface area contributed by atoms with Gasteiger partial charge in [-0.2, -0.15) is 8.42 Å². The molecule has 2 fully saturated rings. The number of Topliss-reactive ketones (excluding diaryl/α,β-unsaturated/α-hetero) is 1. The number of fused-ring (bicyclic) bond motifs is 1. The summed E-state index contributed by atoms with van der Waals surface area (Å²) in [6, 6.07) is 10.8. The van der Waals surface area contributed by atoms with E-state index < -0.39 is 33.3 Å². The lowest BCUT2D eigenvalue weighted by Crippen LogP contribution is -2.32. The molecule has 2 aromatic rings. The monoisotopic (exact) mass is 524 g/mol. The molecule has 0 unspecified atom stereocenters. The van der Waals surface area contributed by atoms with E-state index in [1.54, 1.807) is 24.3 Å². The Hall–Kier alpha value is -2.48. The molecule has 0 N–H and O–H groups in total. The summed E-state index contributed by atoms with van der Waals surface area (Å²) in [6.07, 6.45) is 2.41. The quantitative estimate of drug-likeness (QED) is 0.453. The Balaban J connectivity index is 1.67. The van der Waals surface area contributed by atoms with Crippen LogP contribution in [0.5, 0.6) is 0 Å². The Morgan fingerprint density at radius 2 is 1.54 bits per heavy atom. The van der Waals surface area contributed by atoms with Crippen LogP contribution in [0.4, 0.5) is 0 Å². The Morgan fingerprint density at radius 1 is 0.946 bits per heavy atom. The zero-order valence-corrected chi connectivity index (χ0v) is 23.3. The van der Waals surface area contributed by atoms with E-state index in [4.69, 9.17) is 13.7 Å². The van der Waals surface area contributed by atoms with E-state index in [0.717, 1.165) is 40.7 Å². The standard InChI is InChI=1S/C30H36O6S/c1-7-20-13-19(4)14-21(8-2)25(20)26-27(31)23-15-30(17-34-29(5,6)36-30)16-24(23)28(26)35-37(32,33)22-11-9-18(3)10-12-22/h9-14,23-24H,7-8,15-17H2,1-6H3/t23-,24+,30-/m1/s1. The average molecular weight is 525 g/mol. The molecule has 0 radical (unpaired) electrons. The predicted octanol–water partition coefficient (Wildman–Crippen LogP) is 5.68. The van der Waals surface area contributed by atoms with E-state index in [2.05, 4.69) is 26.0 Å². The molecule has 37 heavy (non-hydrogen) atoms. The third-order valence-corrected chi connectivity index (χ3v) is 9.20. The first-order valence-electron chi connectivity index (χ1n) is 13.1. The lowest BCUT2D eigenvalue weighted by molar-refractivity contribution is -0.161. The SMILES string of the molecule is CCc1cc(C)cc(CC)c1C1=C(OS(=O)(=O)c2ccc(C)cc2)[C@H]2C[C@@]3(COC(C)(C)O3)C[C@H]2C1=O. The van der Waals surface area contributed by atoms with Crippen molar-refractivity contribution in [1.82, 2.24) is 0 Å². The summed E-state index contributed by atoms with van der Waals surface area (Å²) in [5, 5.41) is 0. The molecule has 1 aliphatic heterocycles. The van der Waals surface area contributed by atoms with Crippen LogP contribution in [0.1, 0.15) is 68.4 Å². The van der Waals surface area contributed by atoms with Crippen molar-refractivity contribution >= 4 is 21.5 Å². The molecule has 198 valence electrons. The highest BCUT2D eigenvalue weighted by Gasteiger charge is 2.60. The molecule has 5 rings (SSSR count). The third-order valence-electron chi connectivity index (χ3n) is 7.95. The Morgan fingerprint density at radius 3 is 2.08 bits per heavy atom. The van der Waals surface area contributed by atoms with Gasteiger partial charge in [-0.3, -0.25) is 4.79 Å². The van der Waals surface area contributed by atoms with Crippen molar-refractivity contribution in [2.75, 3.05) is 6.61 Å². The summed E-state index contributed by atoms with van der Waals surface area (Å²) in [6.45, 7) is 12.2. The van der Waals surface area contributed by atoms with Crippen LogP contribution in [-0.2, 0) is 41.4 Å². The molecule has 0 aromatic heterocycles. The Labute approximate surface area is 220 Å². The van der Waals surface area contributed by atoms with Crippen molar-refractivity contribution in [3.63, 3.8) is 0 Å². The highest BCUT2D eigenvalue weighted by Crippen LogP contribution is 2.57. The minimum atomic E-state index is -4.15. The molecule has 3 aliphatic rings. The molecule has 1 saturated carbocycles. The van der Waals surface area contributed by atoms with Crippen LogP contribution in [0.25, 0.3) is 5.57 Å². The molecule has 1 saturated heterocycles. The number of ether oxygens (including phenoxy) is 2. The van der Waals surface area contributed by atoms with E-state index >= 15 is 0 Å². The molecular formula is C30H36O6S. The highest BCUT2D eigenvalue weighted by atomic mass is 32.2. The minimum absolute atomic E-state index is 0.0578. The fraction of sp³-hybridized carbons (Fsp3) is 0.500. The van der Waals surface area contributed by atoms with Crippen molar-refractivity contribution in [2.24, 2.45) is 11.8 Å². The fourth-order valence-corrected chi connectivity index (χ4v) is 7.35. The van der Waals surface area contributed by atoms with Crippen molar-refractivity contribution in [3.8, 4) is 0 Å². The second kappa shape index (κ2) is 9.07. The van der Waals surface area contributed by atoms with Crippen LogP contribution in [-0.4, -0.2) is 32.2 Å². The predicted molar refractivity (Wildman–Crippen MR) is 141 cm³/mol. The fourth-order valence-electron chi connectivity index (χ4n) is 6.34. The zero-order chi connectivity index (χ0) is 26.8. The van der Waals surface area contributed by atoms with Gasteiger partial charge in [0.05, 0.1) is 17.8 Å². The summed E-state index contributed by atoms with van der Waals surface area (Å²) in [5.74, 6) is -1.35. The van der Waals surface area contributed by atoms with E-state index in [0.29, 0.717) is 25.0 Å². The van der Waals surface area contributed by atoms with Crippen molar-refractivity contribution in [2.45, 2.75) is 83.5 Å². The van der Waals surface area contributed by atoms with Gasteiger partial charge in [-0.1, -0.05) is 49.2 Å². The van der Waals surface area contributed by atoms with Crippen LogP contribution < -0.4 is 0 Å². The van der Waals surface area contributed by atoms with Crippen molar-refractivity contribution in [1.29, 1.82) is 0 Å². The van der Waals surface area contributed by atoms with Crippen LogP contribution in [0, 0.1) is 25.7 Å². The largest absolute Gasteiger partial charge is 0.382 e. The lowest BCUT2D eigenvalue weighted by atomic mass is 9.86. The minimum Gasteiger partial charge on any atom is -0.382 e. The molecule has 0 amide bonds. The number of rotatable bonds is 6. The van der Waals surface area contributed by atoms with Crippen molar-refractivity contribution in [3.05, 3.63) is 70.0 Å². The summed E-state index contributed by atoms with van der Waals surface area (Å²) in [4.78, 5) is 14.2. The molecule has 2 aromatic carbocycles. The number of hydrogen-bond acceptors (Lipinski definition) is 6. The summed E-state index contributed by atoms with van der Waals surface area (Å²) in [5.41, 5.74) is 4.77. The zero-order valence-electron chi connectivity index (χ0n) is 22.5. The van der Waals surface area contributed by atoms with Gasteiger partial charge in [0.15, 0.2) is 11.6 Å². The van der Waals surface area contributed by atoms with Gasteiger partial charge in [-0.15, -0.1) is 0 Å². The maximum Gasteiger partial charge on any atom is 0.338 e. The number of benzene rings is 2. The third kappa shape index (κ3) is 4.55. The van der Waals surface area contributed by atoms with Gasteiger partial charge in [0.1, 0.15) is 10.7 Å². The Bertz CT molecular complexity index is 1360. The second-order valence-electron chi connectivity index (χ2n) is 11.2. The Kier molecular flexibility index (Phi) is 6.41. The first-order chi connectivity index (χ1) is 17.4. The molecule has 0 bridgehead atoms. The van der Waals surface area contributed by atoms with Gasteiger partial charge in [0.2, 0.25) is 0 Å². The second-order valence-corrected chi connectivity index (χ2v) is 12.8. The lowest BCUT2D eigenvalue weighted by Gasteiger charge is -2.26. The number of allylic oxidation sites excluding steroid dienone is 2. The maximum atomic E-state index is 14.2. The number of carbonyl (C=O) groups is 1. The summed E-state index contributed by atoms with van der Waals surface area (Å²) in [7, 11) is -4.15. The maximum absolute atomic E-state index is 14.2. The van der Waals surface area contributed by atoms with Gasteiger partial charge in [-0.05, 0) is 82.2 Å². The van der Waals surface area contributed by atoms with Gasteiger partial charge in [-0.25, -0.2) is 0 Å². The van der Waals surface area contributed by atoms with E-state index in [9.17, 15) is 13.2 Å². The topological polar surface area (TPSA) is 78.9 Å². The number of ketones is 1. The first-order valence-corrected chi connectivity index (χ1v) is 14.6. The molecule has 6 nitrogen and oxygen atoms in total. The van der Waals surface area contributed by atoms with Gasteiger partial charge in [0.25, 0.3) is 0 Å².